The van der Waals surface area contributed by atoms with Gasteiger partial charge in [0.1, 0.15) is 0 Å². The van der Waals surface area contributed by atoms with Crippen molar-refractivity contribution in [1.29, 1.82) is 0 Å². The number of carbonyl (C=O) groups is 1. The predicted octanol–water partition coefficient (Wildman–Crippen LogP) is 1.43. The summed E-state index contributed by atoms with van der Waals surface area (Å²) in [5.41, 5.74) is -0.0329. The zero-order valence-corrected chi connectivity index (χ0v) is 11.2. The first kappa shape index (κ1) is 13.7. The molecular formula is C13H19N3O3. The maximum absolute atomic E-state index is 10.8. The van der Waals surface area contributed by atoms with E-state index in [2.05, 4.69) is 22.0 Å². The molecule has 0 spiro atoms. The second-order valence-electron chi connectivity index (χ2n) is 4.85. The van der Waals surface area contributed by atoms with E-state index >= 15 is 0 Å². The summed E-state index contributed by atoms with van der Waals surface area (Å²) < 4.78 is 5.12. The highest BCUT2D eigenvalue weighted by Crippen LogP contribution is 2.36. The summed E-state index contributed by atoms with van der Waals surface area (Å²) in [6, 6.07) is 3.58. The number of hydrogen-bond acceptors (Lipinski definition) is 5. The fourth-order valence-electron chi connectivity index (χ4n) is 2.14. The lowest BCUT2D eigenvalue weighted by Gasteiger charge is -2.29. The Morgan fingerprint density at radius 2 is 2.26 bits per heavy atom. The van der Waals surface area contributed by atoms with E-state index in [-0.39, 0.29) is 5.69 Å². The van der Waals surface area contributed by atoms with E-state index < -0.39 is 5.97 Å². The third-order valence-electron chi connectivity index (χ3n) is 3.50. The number of nitrogens with zero attached hydrogens (tertiary/aromatic N) is 3. The van der Waals surface area contributed by atoms with Gasteiger partial charge in [0.15, 0.2) is 11.5 Å². The Bertz CT molecular complexity index is 431. The molecule has 2 rings (SSSR count). The Labute approximate surface area is 112 Å². The largest absolute Gasteiger partial charge is 0.476 e. The second-order valence-corrected chi connectivity index (χ2v) is 4.85. The number of aromatic nitrogens is 2. The van der Waals surface area contributed by atoms with Gasteiger partial charge in [0.2, 0.25) is 0 Å². The maximum atomic E-state index is 10.8. The van der Waals surface area contributed by atoms with Crippen molar-refractivity contribution in [2.75, 3.05) is 25.2 Å². The highest BCUT2D eigenvalue weighted by Gasteiger charge is 2.32. The second kappa shape index (κ2) is 5.97. The van der Waals surface area contributed by atoms with Crippen molar-refractivity contribution in [3.8, 4) is 0 Å². The molecule has 0 saturated heterocycles. The average molecular weight is 265 g/mol. The van der Waals surface area contributed by atoms with E-state index in [4.69, 9.17) is 9.84 Å². The van der Waals surface area contributed by atoms with Crippen molar-refractivity contribution in [3.05, 3.63) is 17.8 Å². The number of rotatable bonds is 7. The lowest BCUT2D eigenvalue weighted by molar-refractivity contribution is 0.0689. The summed E-state index contributed by atoms with van der Waals surface area (Å²) in [6.07, 6.45) is 2.48. The van der Waals surface area contributed by atoms with Crippen molar-refractivity contribution in [3.63, 3.8) is 0 Å². The van der Waals surface area contributed by atoms with E-state index in [0.717, 1.165) is 6.54 Å². The van der Waals surface area contributed by atoms with Crippen molar-refractivity contribution in [1.82, 2.24) is 10.2 Å². The maximum Gasteiger partial charge on any atom is 0.356 e. The van der Waals surface area contributed by atoms with E-state index in [1.165, 1.54) is 18.9 Å². The van der Waals surface area contributed by atoms with Crippen LogP contribution in [0.15, 0.2) is 12.1 Å². The molecular weight excluding hydrogens is 246 g/mol. The minimum absolute atomic E-state index is 0.0329. The van der Waals surface area contributed by atoms with Gasteiger partial charge in [-0.05, 0) is 37.8 Å². The topological polar surface area (TPSA) is 75.5 Å². The molecule has 1 unspecified atom stereocenters. The smallest absolute Gasteiger partial charge is 0.356 e. The number of methoxy groups -OCH3 is 1. The number of hydrogen-bond donors (Lipinski definition) is 1. The minimum atomic E-state index is -1.06. The highest BCUT2D eigenvalue weighted by molar-refractivity contribution is 5.85. The molecule has 0 radical (unpaired) electrons. The fraction of sp³-hybridized carbons (Fsp3) is 0.615. The van der Waals surface area contributed by atoms with Gasteiger partial charge < -0.3 is 14.7 Å². The van der Waals surface area contributed by atoms with E-state index in [1.54, 1.807) is 13.2 Å². The van der Waals surface area contributed by atoms with Gasteiger partial charge >= 0.3 is 5.97 Å². The van der Waals surface area contributed by atoms with Crippen molar-refractivity contribution >= 4 is 11.8 Å². The van der Waals surface area contributed by atoms with Crippen LogP contribution in [0.25, 0.3) is 0 Å². The van der Waals surface area contributed by atoms with E-state index in [9.17, 15) is 4.79 Å². The summed E-state index contributed by atoms with van der Waals surface area (Å²) in [5, 5.41) is 16.6. The summed E-state index contributed by atoms with van der Waals surface area (Å²) in [5.74, 6) is 0.344. The molecule has 6 heteroatoms. The number of carboxylic acid groups (broad SMARTS) is 1. The van der Waals surface area contributed by atoms with Crippen molar-refractivity contribution in [2.45, 2.75) is 25.8 Å². The molecule has 1 N–H and O–H groups in total. The molecule has 104 valence electrons. The average Bonchev–Trinajstić information content (AvgIpc) is 3.23. The predicted molar refractivity (Wildman–Crippen MR) is 70.4 cm³/mol. The molecule has 0 aromatic carbocycles. The molecule has 1 heterocycles. The van der Waals surface area contributed by atoms with Crippen LogP contribution in [-0.2, 0) is 4.74 Å². The van der Waals surface area contributed by atoms with Crippen LogP contribution in [0, 0.1) is 5.92 Å². The van der Waals surface area contributed by atoms with Crippen LogP contribution in [0.1, 0.15) is 30.3 Å². The number of carboxylic acids is 1. The standard InChI is InChI=1S/C13H19N3O3/c1-9(10-3-4-10)16(7-8-19-2)12-6-5-11(13(17)18)14-15-12/h5-6,9-10H,3-4,7-8H2,1-2H3,(H,17,18). The molecule has 1 saturated carbocycles. The third kappa shape index (κ3) is 3.41. The molecule has 0 amide bonds. The SMILES string of the molecule is COCCN(c1ccc(C(=O)O)nn1)C(C)C1CC1. The van der Waals surface area contributed by atoms with E-state index in [0.29, 0.717) is 24.4 Å². The van der Waals surface area contributed by atoms with Crippen LogP contribution >= 0.6 is 0 Å². The summed E-state index contributed by atoms with van der Waals surface area (Å²) in [6.45, 7) is 3.51. The van der Waals surface area contributed by atoms with Gasteiger partial charge in [-0.2, -0.15) is 0 Å². The van der Waals surface area contributed by atoms with E-state index in [1.807, 2.05) is 0 Å². The first-order valence-electron chi connectivity index (χ1n) is 6.46. The number of anilines is 1. The van der Waals surface area contributed by atoms with Gasteiger partial charge in [-0.15, -0.1) is 10.2 Å². The van der Waals surface area contributed by atoms with Gasteiger partial charge in [0, 0.05) is 19.7 Å². The molecule has 1 aliphatic carbocycles. The first-order valence-corrected chi connectivity index (χ1v) is 6.46. The van der Waals surface area contributed by atoms with Gasteiger partial charge in [0.05, 0.1) is 6.61 Å². The Morgan fingerprint density at radius 1 is 1.53 bits per heavy atom. The lowest BCUT2D eigenvalue weighted by atomic mass is 10.2. The molecule has 1 aliphatic rings. The molecule has 0 aliphatic heterocycles. The van der Waals surface area contributed by atoms with Crippen LogP contribution in [0.2, 0.25) is 0 Å². The van der Waals surface area contributed by atoms with Gasteiger partial charge in [0.25, 0.3) is 0 Å². The van der Waals surface area contributed by atoms with Crippen LogP contribution in [0.5, 0.6) is 0 Å². The van der Waals surface area contributed by atoms with Gasteiger partial charge in [-0.1, -0.05) is 0 Å². The monoisotopic (exact) mass is 265 g/mol. The Hall–Kier alpha value is -1.69. The van der Waals surface area contributed by atoms with Crippen LogP contribution < -0.4 is 4.90 Å². The Balaban J connectivity index is 2.13. The molecule has 1 atom stereocenters. The zero-order chi connectivity index (χ0) is 13.8. The van der Waals surface area contributed by atoms with Crippen molar-refractivity contribution < 1.29 is 14.6 Å². The third-order valence-corrected chi connectivity index (χ3v) is 3.50. The summed E-state index contributed by atoms with van der Waals surface area (Å²) in [4.78, 5) is 12.9. The Kier molecular flexibility index (Phi) is 4.31. The van der Waals surface area contributed by atoms with Crippen LogP contribution in [0.4, 0.5) is 5.82 Å². The molecule has 1 aromatic rings. The molecule has 19 heavy (non-hydrogen) atoms. The first-order chi connectivity index (χ1) is 9.13. The summed E-state index contributed by atoms with van der Waals surface area (Å²) in [7, 11) is 1.67. The summed E-state index contributed by atoms with van der Waals surface area (Å²) >= 11 is 0. The molecule has 1 aromatic heterocycles. The van der Waals surface area contributed by atoms with Gasteiger partial charge in [-0.3, -0.25) is 0 Å². The molecule has 0 bridgehead atoms. The quantitative estimate of drug-likeness (QED) is 0.803. The molecule has 1 fully saturated rings. The fourth-order valence-corrected chi connectivity index (χ4v) is 2.14. The minimum Gasteiger partial charge on any atom is -0.476 e. The van der Waals surface area contributed by atoms with Crippen molar-refractivity contribution in [2.24, 2.45) is 5.92 Å². The molecule has 6 nitrogen and oxygen atoms in total. The highest BCUT2D eigenvalue weighted by atomic mass is 16.5. The zero-order valence-electron chi connectivity index (χ0n) is 11.2. The number of ether oxygens (including phenoxy) is 1. The van der Waals surface area contributed by atoms with Gasteiger partial charge in [-0.25, -0.2) is 4.79 Å². The van der Waals surface area contributed by atoms with Crippen LogP contribution in [-0.4, -0.2) is 47.6 Å². The lowest BCUT2D eigenvalue weighted by Crippen LogP contribution is -2.38. The van der Waals surface area contributed by atoms with Crippen LogP contribution in [0.3, 0.4) is 0 Å². The Morgan fingerprint density at radius 3 is 2.74 bits per heavy atom. The normalized spacial score (nSPS) is 16.1. The number of aromatic carboxylic acids is 1.